The van der Waals surface area contributed by atoms with Crippen molar-refractivity contribution in [3.63, 3.8) is 0 Å². The smallest absolute Gasteiger partial charge is 0.0714 e. The van der Waals surface area contributed by atoms with Gasteiger partial charge in [0.1, 0.15) is 0 Å². The van der Waals surface area contributed by atoms with Crippen molar-refractivity contribution in [2.24, 2.45) is 4.99 Å². The van der Waals surface area contributed by atoms with E-state index < -0.39 is 0 Å². The molecule has 6 rings (SSSR count). The van der Waals surface area contributed by atoms with Gasteiger partial charge in [0.15, 0.2) is 0 Å². The third-order valence-corrected chi connectivity index (χ3v) is 7.79. The Morgan fingerprint density at radius 3 is 2.17 bits per heavy atom. The summed E-state index contributed by atoms with van der Waals surface area (Å²) in [7, 11) is 0. The standard InChI is InChI=1S/C35H31N/c1-22(2)36-32(29-17-11-19-31-34(29)28-15-8-9-18-30(28)35(31,4)5)20-23(3)26-16-10-13-25-21-24-12-6-7-14-27(24)33(25)26/h6-20H,1,21H2,2-5H3/b23-20+,36-32?. The third kappa shape index (κ3) is 3.42. The van der Waals surface area contributed by atoms with E-state index in [1.807, 2.05) is 6.92 Å². The second-order valence-corrected chi connectivity index (χ2v) is 10.6. The number of aliphatic imine (C=N–C) groups is 1. The lowest BCUT2D eigenvalue weighted by atomic mass is 9.82. The second kappa shape index (κ2) is 8.31. The van der Waals surface area contributed by atoms with Gasteiger partial charge in [0, 0.05) is 16.7 Å². The molecule has 176 valence electrons. The van der Waals surface area contributed by atoms with E-state index in [2.05, 4.69) is 118 Å². The normalized spacial score (nSPS) is 15.2. The van der Waals surface area contributed by atoms with Gasteiger partial charge in [0.25, 0.3) is 0 Å². The van der Waals surface area contributed by atoms with Crippen molar-refractivity contribution in [2.75, 3.05) is 0 Å². The van der Waals surface area contributed by atoms with Crippen LogP contribution in [-0.2, 0) is 11.8 Å². The fraction of sp³-hybridized carbons (Fsp3) is 0.171. The van der Waals surface area contributed by atoms with Crippen LogP contribution in [0.3, 0.4) is 0 Å². The number of rotatable bonds is 4. The van der Waals surface area contributed by atoms with E-state index in [1.165, 1.54) is 61.2 Å². The van der Waals surface area contributed by atoms with Crippen LogP contribution in [0.1, 0.15) is 61.1 Å². The molecular formula is C35H31N. The van der Waals surface area contributed by atoms with E-state index >= 15 is 0 Å². The van der Waals surface area contributed by atoms with Crippen LogP contribution in [0.2, 0.25) is 0 Å². The van der Waals surface area contributed by atoms with Crippen molar-refractivity contribution in [2.45, 2.75) is 39.5 Å². The molecule has 0 amide bonds. The fourth-order valence-electron chi connectivity index (χ4n) is 6.14. The predicted molar refractivity (Wildman–Crippen MR) is 154 cm³/mol. The molecule has 1 nitrogen and oxygen atoms in total. The molecule has 0 heterocycles. The minimum Gasteiger partial charge on any atom is -0.254 e. The Morgan fingerprint density at radius 1 is 0.722 bits per heavy atom. The first-order chi connectivity index (χ1) is 17.4. The van der Waals surface area contributed by atoms with E-state index in [-0.39, 0.29) is 5.41 Å². The van der Waals surface area contributed by atoms with Gasteiger partial charge in [-0.2, -0.15) is 0 Å². The van der Waals surface area contributed by atoms with Gasteiger partial charge in [-0.15, -0.1) is 0 Å². The van der Waals surface area contributed by atoms with Gasteiger partial charge >= 0.3 is 0 Å². The van der Waals surface area contributed by atoms with Crippen LogP contribution in [0.5, 0.6) is 0 Å². The van der Waals surface area contributed by atoms with Crippen molar-refractivity contribution in [1.29, 1.82) is 0 Å². The van der Waals surface area contributed by atoms with Crippen molar-refractivity contribution >= 4 is 11.3 Å². The summed E-state index contributed by atoms with van der Waals surface area (Å²) in [5, 5.41) is 0. The molecule has 0 radical (unpaired) electrons. The van der Waals surface area contributed by atoms with Gasteiger partial charge in [0.05, 0.1) is 5.71 Å². The molecule has 0 aliphatic heterocycles. The van der Waals surface area contributed by atoms with E-state index in [0.717, 1.165) is 17.8 Å². The minimum atomic E-state index is -0.0427. The van der Waals surface area contributed by atoms with Gasteiger partial charge < -0.3 is 0 Å². The highest BCUT2D eigenvalue weighted by atomic mass is 14.7. The Hall–Kier alpha value is -3.97. The number of allylic oxidation sites excluding steroid dienone is 3. The maximum absolute atomic E-state index is 4.99. The van der Waals surface area contributed by atoms with Crippen LogP contribution >= 0.6 is 0 Å². The summed E-state index contributed by atoms with van der Waals surface area (Å²) in [6.45, 7) is 13.0. The molecule has 0 saturated heterocycles. The van der Waals surface area contributed by atoms with E-state index in [0.29, 0.717) is 0 Å². The zero-order chi connectivity index (χ0) is 25.0. The quantitative estimate of drug-likeness (QED) is 0.235. The number of nitrogens with zero attached hydrogens (tertiary/aromatic N) is 1. The fourth-order valence-corrected chi connectivity index (χ4v) is 6.14. The number of hydrogen-bond donors (Lipinski definition) is 0. The molecule has 0 N–H and O–H groups in total. The molecule has 0 bridgehead atoms. The van der Waals surface area contributed by atoms with Crippen LogP contribution in [0, 0.1) is 0 Å². The summed E-state index contributed by atoms with van der Waals surface area (Å²) in [6, 6.07) is 30.9. The predicted octanol–water partition coefficient (Wildman–Crippen LogP) is 8.99. The molecule has 0 fully saturated rings. The zero-order valence-corrected chi connectivity index (χ0v) is 21.5. The highest BCUT2D eigenvalue weighted by molar-refractivity contribution is 6.17. The monoisotopic (exact) mass is 465 g/mol. The summed E-state index contributed by atoms with van der Waals surface area (Å²) >= 11 is 0. The lowest BCUT2D eigenvalue weighted by Gasteiger charge is -2.21. The molecule has 36 heavy (non-hydrogen) atoms. The van der Waals surface area contributed by atoms with Crippen molar-refractivity contribution in [3.8, 4) is 22.3 Å². The Bertz CT molecular complexity index is 1610. The highest BCUT2D eigenvalue weighted by Crippen LogP contribution is 2.50. The topological polar surface area (TPSA) is 12.4 Å². The average molecular weight is 466 g/mol. The summed E-state index contributed by atoms with van der Waals surface area (Å²) < 4.78 is 0. The minimum absolute atomic E-state index is 0.0427. The molecule has 0 aromatic heterocycles. The summed E-state index contributed by atoms with van der Waals surface area (Å²) in [6.07, 6.45) is 3.26. The molecule has 0 saturated carbocycles. The average Bonchev–Trinajstić information content (AvgIpc) is 3.36. The molecule has 0 unspecified atom stereocenters. The molecule has 0 spiro atoms. The summed E-state index contributed by atoms with van der Waals surface area (Å²) in [5.41, 5.74) is 16.2. The summed E-state index contributed by atoms with van der Waals surface area (Å²) in [4.78, 5) is 4.99. The highest BCUT2D eigenvalue weighted by Gasteiger charge is 2.36. The van der Waals surface area contributed by atoms with Crippen LogP contribution < -0.4 is 0 Å². The number of benzene rings is 4. The van der Waals surface area contributed by atoms with Gasteiger partial charge in [-0.1, -0.05) is 105 Å². The first-order valence-electron chi connectivity index (χ1n) is 12.7. The largest absolute Gasteiger partial charge is 0.254 e. The van der Waals surface area contributed by atoms with Crippen LogP contribution in [0.4, 0.5) is 0 Å². The third-order valence-electron chi connectivity index (χ3n) is 7.79. The molecule has 1 heteroatoms. The van der Waals surface area contributed by atoms with Crippen molar-refractivity contribution in [3.05, 3.63) is 137 Å². The lowest BCUT2D eigenvalue weighted by Crippen LogP contribution is -2.15. The van der Waals surface area contributed by atoms with Crippen molar-refractivity contribution < 1.29 is 0 Å². The lowest BCUT2D eigenvalue weighted by molar-refractivity contribution is 0.660. The molecular weight excluding hydrogens is 434 g/mol. The number of fused-ring (bicyclic) bond motifs is 6. The zero-order valence-electron chi connectivity index (χ0n) is 21.5. The first-order valence-corrected chi connectivity index (χ1v) is 12.7. The molecule has 4 aromatic carbocycles. The molecule has 2 aliphatic carbocycles. The summed E-state index contributed by atoms with van der Waals surface area (Å²) in [5.74, 6) is 0. The Labute approximate surface area is 214 Å². The van der Waals surface area contributed by atoms with Crippen molar-refractivity contribution in [1.82, 2.24) is 0 Å². The first kappa shape index (κ1) is 22.5. The van der Waals surface area contributed by atoms with E-state index in [9.17, 15) is 0 Å². The van der Waals surface area contributed by atoms with Gasteiger partial charge in [-0.25, -0.2) is 0 Å². The van der Waals surface area contributed by atoms with Crippen LogP contribution in [0.25, 0.3) is 27.8 Å². The maximum atomic E-state index is 4.99. The van der Waals surface area contributed by atoms with Gasteiger partial charge in [-0.3, -0.25) is 4.99 Å². The van der Waals surface area contributed by atoms with Crippen LogP contribution in [-0.4, -0.2) is 5.71 Å². The number of hydrogen-bond acceptors (Lipinski definition) is 1. The van der Waals surface area contributed by atoms with E-state index in [1.54, 1.807) is 0 Å². The van der Waals surface area contributed by atoms with Gasteiger partial charge in [-0.05, 0) is 82.0 Å². The Balaban J connectivity index is 1.54. The molecule has 0 atom stereocenters. The second-order valence-electron chi connectivity index (χ2n) is 10.6. The van der Waals surface area contributed by atoms with Crippen LogP contribution in [0.15, 0.2) is 108 Å². The molecule has 4 aromatic rings. The van der Waals surface area contributed by atoms with Gasteiger partial charge in [0.2, 0.25) is 0 Å². The SMILES string of the molecule is C=C(C)N=C(/C=C(\C)c1cccc2c1-c1ccccc1C2)c1cccc2c1-c1ccccc1C2(C)C. The molecule has 2 aliphatic rings. The maximum Gasteiger partial charge on any atom is 0.0714 e. The Kier molecular flexibility index (Phi) is 5.19. The van der Waals surface area contributed by atoms with E-state index in [4.69, 9.17) is 4.99 Å². The Morgan fingerprint density at radius 2 is 1.36 bits per heavy atom.